The van der Waals surface area contributed by atoms with Gasteiger partial charge in [0.05, 0.1) is 0 Å². The Morgan fingerprint density at radius 1 is 0.522 bits per heavy atom. The van der Waals surface area contributed by atoms with E-state index < -0.39 is 0 Å². The zero-order valence-electron chi connectivity index (χ0n) is 12.5. The molecule has 0 N–H and O–H groups in total. The van der Waals surface area contributed by atoms with E-state index in [1.165, 1.54) is 32.7 Å². The van der Waals surface area contributed by atoms with Crippen LogP contribution in [0.5, 0.6) is 0 Å². The van der Waals surface area contributed by atoms with Gasteiger partial charge in [-0.1, -0.05) is 66.7 Å². The van der Waals surface area contributed by atoms with Crippen molar-refractivity contribution in [2.45, 2.75) is 0 Å². The Morgan fingerprint density at radius 3 is 2.26 bits per heavy atom. The van der Waals surface area contributed by atoms with E-state index in [0.717, 1.165) is 11.2 Å². The summed E-state index contributed by atoms with van der Waals surface area (Å²) >= 11 is 0. The summed E-state index contributed by atoms with van der Waals surface area (Å²) in [6.45, 7) is 0. The predicted octanol–water partition coefficient (Wildman–Crippen LogP) is 6.41. The third-order valence-corrected chi connectivity index (χ3v) is 4.47. The lowest BCUT2D eigenvalue weighted by Gasteiger charge is -2.01. The van der Waals surface area contributed by atoms with Crippen molar-refractivity contribution in [2.24, 2.45) is 0 Å². The Hall–Kier alpha value is -3.06. The molecule has 0 unspecified atom stereocenters. The monoisotopic (exact) mass is 294 g/mol. The molecule has 108 valence electrons. The first-order valence-corrected chi connectivity index (χ1v) is 7.79. The lowest BCUT2D eigenvalue weighted by Crippen LogP contribution is -1.76. The molecule has 0 aliphatic heterocycles. The normalized spacial score (nSPS) is 11.5. The van der Waals surface area contributed by atoms with E-state index in [9.17, 15) is 0 Å². The maximum Gasteiger partial charge on any atom is 0.143 e. The molecule has 4 aromatic carbocycles. The van der Waals surface area contributed by atoms with Crippen LogP contribution in [-0.2, 0) is 0 Å². The summed E-state index contributed by atoms with van der Waals surface area (Å²) < 4.78 is 6.16. The van der Waals surface area contributed by atoms with Crippen molar-refractivity contribution >= 4 is 32.7 Å². The second kappa shape index (κ2) is 4.72. The van der Waals surface area contributed by atoms with Crippen LogP contribution in [0.4, 0.5) is 0 Å². The molecule has 0 saturated heterocycles. The van der Waals surface area contributed by atoms with Crippen LogP contribution in [0.25, 0.3) is 43.8 Å². The number of benzene rings is 4. The largest absolute Gasteiger partial charge is 0.455 e. The van der Waals surface area contributed by atoms with Crippen molar-refractivity contribution in [3.63, 3.8) is 0 Å². The van der Waals surface area contributed by atoms with Gasteiger partial charge in [-0.25, -0.2) is 0 Å². The highest BCUT2D eigenvalue weighted by molar-refractivity contribution is 6.15. The zero-order chi connectivity index (χ0) is 15.2. The first-order chi connectivity index (χ1) is 11.4. The fourth-order valence-electron chi connectivity index (χ4n) is 3.31. The van der Waals surface area contributed by atoms with Gasteiger partial charge in [-0.2, -0.15) is 0 Å². The number of hydrogen-bond donors (Lipinski definition) is 0. The molecule has 0 saturated carbocycles. The molecule has 0 aliphatic rings. The van der Waals surface area contributed by atoms with E-state index >= 15 is 0 Å². The van der Waals surface area contributed by atoms with E-state index in [4.69, 9.17) is 4.42 Å². The molecule has 5 rings (SSSR count). The molecule has 23 heavy (non-hydrogen) atoms. The van der Waals surface area contributed by atoms with Gasteiger partial charge in [0, 0.05) is 16.2 Å². The molecule has 5 aromatic rings. The smallest absolute Gasteiger partial charge is 0.143 e. The Balaban J connectivity index is 1.86. The summed E-state index contributed by atoms with van der Waals surface area (Å²) in [7, 11) is 0. The lowest BCUT2D eigenvalue weighted by atomic mass is 10.0. The number of furan rings is 1. The molecule has 1 aromatic heterocycles. The van der Waals surface area contributed by atoms with Crippen molar-refractivity contribution in [3.05, 3.63) is 84.9 Å². The molecule has 0 bridgehead atoms. The van der Waals surface area contributed by atoms with Gasteiger partial charge in [0.15, 0.2) is 0 Å². The quantitative estimate of drug-likeness (QED) is 0.348. The minimum Gasteiger partial charge on any atom is -0.455 e. The topological polar surface area (TPSA) is 13.1 Å². The Kier molecular flexibility index (Phi) is 2.56. The molecule has 1 heterocycles. The molecule has 0 spiro atoms. The van der Waals surface area contributed by atoms with Gasteiger partial charge in [-0.3, -0.25) is 0 Å². The van der Waals surface area contributed by atoms with E-state index in [1.54, 1.807) is 0 Å². The molecule has 1 heteroatoms. The summed E-state index contributed by atoms with van der Waals surface area (Å²) in [5, 5.41) is 4.73. The lowest BCUT2D eigenvalue weighted by molar-refractivity contribution is 0.672. The van der Waals surface area contributed by atoms with E-state index in [2.05, 4.69) is 78.9 Å². The standard InChI is InChI=1S/C22H14O/c1-2-6-15(7-3-1)17-11-13-21-20(14-17)19-12-10-16-8-4-5-9-18(16)22(19)23-21/h1-14H. The van der Waals surface area contributed by atoms with Gasteiger partial charge < -0.3 is 4.42 Å². The number of rotatable bonds is 1. The van der Waals surface area contributed by atoms with Gasteiger partial charge in [0.25, 0.3) is 0 Å². The first kappa shape index (κ1) is 12.5. The third-order valence-electron chi connectivity index (χ3n) is 4.47. The summed E-state index contributed by atoms with van der Waals surface area (Å²) in [5.41, 5.74) is 4.36. The van der Waals surface area contributed by atoms with Gasteiger partial charge in [0.2, 0.25) is 0 Å². The minimum atomic E-state index is 0.941. The minimum absolute atomic E-state index is 0.941. The van der Waals surface area contributed by atoms with Gasteiger partial charge >= 0.3 is 0 Å². The van der Waals surface area contributed by atoms with E-state index in [-0.39, 0.29) is 0 Å². The fourth-order valence-corrected chi connectivity index (χ4v) is 3.31. The molecule has 0 fully saturated rings. The highest BCUT2D eigenvalue weighted by Crippen LogP contribution is 2.35. The van der Waals surface area contributed by atoms with Crippen molar-refractivity contribution in [1.82, 2.24) is 0 Å². The molecule has 0 atom stereocenters. The molecule has 0 radical (unpaired) electrons. The number of hydrogen-bond acceptors (Lipinski definition) is 1. The van der Waals surface area contributed by atoms with Gasteiger partial charge in [0.1, 0.15) is 11.2 Å². The molecule has 1 nitrogen and oxygen atoms in total. The van der Waals surface area contributed by atoms with E-state index in [0.29, 0.717) is 0 Å². The Labute approximate surface area is 133 Å². The van der Waals surface area contributed by atoms with Crippen molar-refractivity contribution in [2.75, 3.05) is 0 Å². The van der Waals surface area contributed by atoms with Crippen LogP contribution in [0.1, 0.15) is 0 Å². The third kappa shape index (κ3) is 1.87. The van der Waals surface area contributed by atoms with Crippen LogP contribution >= 0.6 is 0 Å². The van der Waals surface area contributed by atoms with Crippen molar-refractivity contribution in [1.29, 1.82) is 0 Å². The average molecular weight is 294 g/mol. The maximum absolute atomic E-state index is 6.16. The van der Waals surface area contributed by atoms with Gasteiger partial charge in [-0.05, 0) is 34.7 Å². The predicted molar refractivity (Wildman–Crippen MR) is 96.7 cm³/mol. The molecular formula is C22H14O. The second-order valence-electron chi connectivity index (χ2n) is 5.84. The average Bonchev–Trinajstić information content (AvgIpc) is 3.01. The second-order valence-corrected chi connectivity index (χ2v) is 5.84. The highest BCUT2D eigenvalue weighted by atomic mass is 16.3. The summed E-state index contributed by atoms with van der Waals surface area (Å²) in [6.07, 6.45) is 0. The zero-order valence-corrected chi connectivity index (χ0v) is 12.5. The molecular weight excluding hydrogens is 280 g/mol. The van der Waals surface area contributed by atoms with Crippen molar-refractivity contribution in [3.8, 4) is 11.1 Å². The Morgan fingerprint density at radius 2 is 1.35 bits per heavy atom. The first-order valence-electron chi connectivity index (χ1n) is 7.79. The van der Waals surface area contributed by atoms with Crippen LogP contribution in [0, 0.1) is 0 Å². The van der Waals surface area contributed by atoms with Crippen molar-refractivity contribution < 1.29 is 4.42 Å². The fraction of sp³-hybridized carbons (Fsp3) is 0. The SMILES string of the molecule is c1ccc(-c2ccc3oc4c5ccccc5ccc4c3c2)cc1. The van der Waals surface area contributed by atoms with Crippen LogP contribution in [0.15, 0.2) is 89.3 Å². The van der Waals surface area contributed by atoms with Crippen LogP contribution < -0.4 is 0 Å². The molecule has 0 amide bonds. The van der Waals surface area contributed by atoms with E-state index in [1.807, 2.05) is 6.07 Å². The summed E-state index contributed by atoms with van der Waals surface area (Å²) in [6, 6.07) is 29.6. The maximum atomic E-state index is 6.16. The highest BCUT2D eigenvalue weighted by Gasteiger charge is 2.10. The summed E-state index contributed by atoms with van der Waals surface area (Å²) in [5.74, 6) is 0. The van der Waals surface area contributed by atoms with Crippen LogP contribution in [0.3, 0.4) is 0 Å². The summed E-state index contributed by atoms with van der Waals surface area (Å²) in [4.78, 5) is 0. The van der Waals surface area contributed by atoms with Crippen LogP contribution in [0.2, 0.25) is 0 Å². The number of fused-ring (bicyclic) bond motifs is 5. The molecule has 0 aliphatic carbocycles. The van der Waals surface area contributed by atoms with Crippen LogP contribution in [-0.4, -0.2) is 0 Å². The Bertz CT molecular complexity index is 1150. The van der Waals surface area contributed by atoms with Gasteiger partial charge in [-0.15, -0.1) is 0 Å².